The molecule has 2 aromatic carbocycles. The van der Waals surface area contributed by atoms with Crippen LogP contribution in [0.25, 0.3) is 0 Å². The molecule has 0 bridgehead atoms. The first-order valence-corrected chi connectivity index (χ1v) is 9.97. The molecule has 1 saturated heterocycles. The van der Waals surface area contributed by atoms with E-state index in [2.05, 4.69) is 28.4 Å². The first-order chi connectivity index (χ1) is 12.7. The van der Waals surface area contributed by atoms with E-state index in [1.54, 1.807) is 0 Å². The molecular weight excluding hydrogens is 344 g/mol. The number of likely N-dealkylation sites (tertiary alicyclic amines) is 1. The van der Waals surface area contributed by atoms with Gasteiger partial charge in [-0.05, 0) is 67.7 Å². The Kier molecular flexibility index (Phi) is 5.28. The Labute approximate surface area is 160 Å². The Morgan fingerprint density at radius 2 is 1.65 bits per heavy atom. The molecular formula is C22H25ClN2O. The van der Waals surface area contributed by atoms with Crippen molar-refractivity contribution in [2.45, 2.75) is 37.6 Å². The van der Waals surface area contributed by atoms with Crippen molar-refractivity contribution >= 4 is 17.5 Å². The van der Waals surface area contributed by atoms with E-state index >= 15 is 0 Å². The van der Waals surface area contributed by atoms with Gasteiger partial charge in [0.25, 0.3) is 0 Å². The van der Waals surface area contributed by atoms with Crippen LogP contribution in [0.4, 0.5) is 0 Å². The number of hydrogen-bond acceptors (Lipinski definition) is 2. The predicted octanol–water partition coefficient (Wildman–Crippen LogP) is 4.52. The highest BCUT2D eigenvalue weighted by molar-refractivity contribution is 6.30. The number of piperidine rings is 1. The van der Waals surface area contributed by atoms with Gasteiger partial charge in [0.15, 0.2) is 0 Å². The summed E-state index contributed by atoms with van der Waals surface area (Å²) in [5, 5.41) is 3.96. The number of rotatable bonds is 4. The summed E-state index contributed by atoms with van der Waals surface area (Å²) in [4.78, 5) is 15.4. The molecule has 2 atom stereocenters. The van der Waals surface area contributed by atoms with Gasteiger partial charge in [0.05, 0.1) is 12.0 Å². The lowest BCUT2D eigenvalue weighted by Gasteiger charge is -2.34. The van der Waals surface area contributed by atoms with Gasteiger partial charge in [-0.15, -0.1) is 0 Å². The highest BCUT2D eigenvalue weighted by atomic mass is 35.5. The minimum Gasteiger partial charge on any atom is -0.345 e. The molecule has 1 N–H and O–H groups in total. The van der Waals surface area contributed by atoms with Crippen molar-refractivity contribution in [3.8, 4) is 0 Å². The number of benzene rings is 2. The Morgan fingerprint density at radius 1 is 0.962 bits per heavy atom. The Morgan fingerprint density at radius 3 is 2.38 bits per heavy atom. The van der Waals surface area contributed by atoms with Crippen LogP contribution in [0.2, 0.25) is 5.02 Å². The second-order valence-corrected chi connectivity index (χ2v) is 7.80. The highest BCUT2D eigenvalue weighted by Gasteiger charge is 2.33. The molecule has 26 heavy (non-hydrogen) atoms. The van der Waals surface area contributed by atoms with Gasteiger partial charge >= 0.3 is 0 Å². The molecule has 2 aromatic rings. The molecule has 2 unspecified atom stereocenters. The van der Waals surface area contributed by atoms with E-state index in [4.69, 9.17) is 11.6 Å². The summed E-state index contributed by atoms with van der Waals surface area (Å²) in [5.41, 5.74) is 3.45. The van der Waals surface area contributed by atoms with Crippen LogP contribution in [0.3, 0.4) is 0 Å². The number of amides is 1. The lowest BCUT2D eigenvalue weighted by molar-refractivity contribution is -0.124. The Hall–Kier alpha value is -1.84. The van der Waals surface area contributed by atoms with E-state index in [9.17, 15) is 4.79 Å². The van der Waals surface area contributed by atoms with Crippen molar-refractivity contribution in [3.63, 3.8) is 0 Å². The highest BCUT2D eigenvalue weighted by Crippen LogP contribution is 2.36. The van der Waals surface area contributed by atoms with Crippen molar-refractivity contribution in [2.24, 2.45) is 0 Å². The van der Waals surface area contributed by atoms with Crippen LogP contribution >= 0.6 is 11.6 Å². The van der Waals surface area contributed by atoms with Gasteiger partial charge in [0.2, 0.25) is 5.91 Å². The monoisotopic (exact) mass is 368 g/mol. The van der Waals surface area contributed by atoms with Crippen molar-refractivity contribution < 1.29 is 4.79 Å². The molecule has 136 valence electrons. The van der Waals surface area contributed by atoms with Gasteiger partial charge in [-0.25, -0.2) is 0 Å². The lowest BCUT2D eigenvalue weighted by Crippen LogP contribution is -2.41. The molecule has 3 nitrogen and oxygen atoms in total. The van der Waals surface area contributed by atoms with E-state index in [-0.39, 0.29) is 17.9 Å². The third kappa shape index (κ3) is 3.65. The third-order valence-corrected chi connectivity index (χ3v) is 5.92. The first-order valence-electron chi connectivity index (χ1n) is 9.59. The fourth-order valence-corrected chi connectivity index (χ4v) is 4.38. The van der Waals surface area contributed by atoms with Crippen LogP contribution in [0.1, 0.15) is 54.3 Å². The second kappa shape index (κ2) is 7.81. The zero-order valence-corrected chi connectivity index (χ0v) is 15.7. The fraction of sp³-hybridized carbons (Fsp3) is 0.409. The topological polar surface area (TPSA) is 32.3 Å². The Balaban J connectivity index is 1.57. The number of fused-ring (bicyclic) bond motifs is 1. The average Bonchev–Trinajstić information content (AvgIpc) is 2.68. The maximum absolute atomic E-state index is 12.9. The van der Waals surface area contributed by atoms with Crippen molar-refractivity contribution in [1.82, 2.24) is 10.2 Å². The van der Waals surface area contributed by atoms with Crippen molar-refractivity contribution in [2.75, 3.05) is 19.6 Å². The van der Waals surface area contributed by atoms with Gasteiger partial charge in [-0.2, -0.15) is 0 Å². The number of halogens is 1. The lowest BCUT2D eigenvalue weighted by atomic mass is 9.82. The molecule has 4 rings (SSSR count). The van der Waals surface area contributed by atoms with Crippen LogP contribution in [-0.4, -0.2) is 30.4 Å². The maximum atomic E-state index is 12.9. The normalized spacial score (nSPS) is 23.3. The number of carbonyl (C=O) groups excluding carboxylic acids is 1. The quantitative estimate of drug-likeness (QED) is 0.860. The number of carbonyl (C=O) groups is 1. The zero-order valence-electron chi connectivity index (χ0n) is 15.0. The van der Waals surface area contributed by atoms with Crippen molar-refractivity contribution in [1.29, 1.82) is 0 Å². The molecule has 0 radical (unpaired) electrons. The van der Waals surface area contributed by atoms with Crippen LogP contribution in [0.15, 0.2) is 48.5 Å². The molecule has 2 heterocycles. The molecule has 1 amide bonds. The summed E-state index contributed by atoms with van der Waals surface area (Å²) in [6, 6.07) is 16.0. The van der Waals surface area contributed by atoms with E-state index < -0.39 is 0 Å². The summed E-state index contributed by atoms with van der Waals surface area (Å²) in [5.74, 6) is 0.0809. The predicted molar refractivity (Wildman–Crippen MR) is 106 cm³/mol. The van der Waals surface area contributed by atoms with Crippen LogP contribution in [0.5, 0.6) is 0 Å². The van der Waals surface area contributed by atoms with E-state index in [1.807, 2.05) is 30.3 Å². The smallest absolute Gasteiger partial charge is 0.228 e. The first kappa shape index (κ1) is 17.6. The van der Waals surface area contributed by atoms with Gasteiger partial charge in [0, 0.05) is 5.02 Å². The number of nitrogens with one attached hydrogen (secondary N) is 1. The molecule has 2 aliphatic heterocycles. The molecule has 0 aliphatic carbocycles. The van der Waals surface area contributed by atoms with Crippen LogP contribution in [0, 0.1) is 0 Å². The van der Waals surface area contributed by atoms with Gasteiger partial charge in [-0.3, -0.25) is 4.79 Å². The van der Waals surface area contributed by atoms with Crippen LogP contribution in [-0.2, 0) is 4.79 Å². The summed E-state index contributed by atoms with van der Waals surface area (Å²) in [6.07, 6.45) is 4.79. The van der Waals surface area contributed by atoms with Gasteiger partial charge in [0.1, 0.15) is 0 Å². The summed E-state index contributed by atoms with van der Waals surface area (Å²) in [7, 11) is 0. The fourth-order valence-electron chi connectivity index (χ4n) is 4.25. The van der Waals surface area contributed by atoms with Crippen LogP contribution < -0.4 is 5.32 Å². The van der Waals surface area contributed by atoms with E-state index in [1.165, 1.54) is 43.5 Å². The molecule has 1 fully saturated rings. The average molecular weight is 369 g/mol. The standard InChI is InChI=1S/C22H25ClN2O/c23-17-10-8-16(9-11-17)21-19-7-3-2-6-18(19)20(22(26)24-21)12-15-25-13-4-1-5-14-25/h2-3,6-11,20-21H,1,4-5,12-15H2,(H,24,26). The van der Waals surface area contributed by atoms with Crippen molar-refractivity contribution in [3.05, 3.63) is 70.2 Å². The summed E-state index contributed by atoms with van der Waals surface area (Å²) in [6.45, 7) is 3.34. The van der Waals surface area contributed by atoms with Gasteiger partial charge < -0.3 is 10.2 Å². The summed E-state index contributed by atoms with van der Waals surface area (Å²) >= 11 is 6.03. The van der Waals surface area contributed by atoms with Gasteiger partial charge in [-0.1, -0.05) is 54.4 Å². The third-order valence-electron chi connectivity index (χ3n) is 5.67. The Bertz CT molecular complexity index is 768. The molecule has 4 heteroatoms. The minimum atomic E-state index is -0.0952. The van der Waals surface area contributed by atoms with E-state index in [0.29, 0.717) is 5.02 Å². The minimum absolute atomic E-state index is 0.0586. The molecule has 0 saturated carbocycles. The summed E-state index contributed by atoms with van der Waals surface area (Å²) < 4.78 is 0. The molecule has 0 spiro atoms. The second-order valence-electron chi connectivity index (χ2n) is 7.37. The maximum Gasteiger partial charge on any atom is 0.228 e. The SMILES string of the molecule is O=C1NC(c2ccc(Cl)cc2)c2ccccc2C1CCN1CCCCC1. The largest absolute Gasteiger partial charge is 0.345 e. The number of nitrogens with zero attached hydrogens (tertiary/aromatic N) is 1. The number of hydrogen-bond donors (Lipinski definition) is 1. The molecule has 0 aromatic heterocycles. The zero-order chi connectivity index (χ0) is 17.9. The molecule has 2 aliphatic rings. The van der Waals surface area contributed by atoms with E-state index in [0.717, 1.165) is 18.5 Å².